The number of rotatable bonds is 5. The second kappa shape index (κ2) is 4.27. The van der Waals surface area contributed by atoms with Crippen molar-refractivity contribution in [3.05, 3.63) is 0 Å². The topological polar surface area (TPSA) is 63.4 Å². The van der Waals surface area contributed by atoms with E-state index in [1.807, 2.05) is 0 Å². The standard InChI is InChI=1S/C11H22N2O2S/c1-13(11(9-12)6-2-3-7-11)16(14,15)8-10-4-5-10/h10H,2-9,12H2,1H3. The monoisotopic (exact) mass is 246 g/mol. The molecule has 0 amide bonds. The number of hydrogen-bond donors (Lipinski definition) is 1. The summed E-state index contributed by atoms with van der Waals surface area (Å²) >= 11 is 0. The summed E-state index contributed by atoms with van der Waals surface area (Å²) in [5.41, 5.74) is 5.52. The Labute approximate surface area is 98.2 Å². The van der Waals surface area contributed by atoms with E-state index in [1.54, 1.807) is 11.4 Å². The lowest BCUT2D eigenvalue weighted by molar-refractivity contribution is 0.230. The number of likely N-dealkylation sites (N-methyl/N-ethyl adjacent to an activating group) is 1. The van der Waals surface area contributed by atoms with Crippen LogP contribution in [0.2, 0.25) is 0 Å². The van der Waals surface area contributed by atoms with E-state index in [0.717, 1.165) is 38.5 Å². The average Bonchev–Trinajstić information content (AvgIpc) is 2.92. The van der Waals surface area contributed by atoms with Crippen molar-refractivity contribution in [2.45, 2.75) is 44.1 Å². The molecule has 0 bridgehead atoms. The predicted octanol–water partition coefficient (Wildman–Crippen LogP) is 0.929. The van der Waals surface area contributed by atoms with Gasteiger partial charge in [0, 0.05) is 19.1 Å². The van der Waals surface area contributed by atoms with Crippen LogP contribution >= 0.6 is 0 Å². The molecule has 5 heteroatoms. The van der Waals surface area contributed by atoms with E-state index in [1.165, 1.54) is 0 Å². The maximum absolute atomic E-state index is 12.2. The van der Waals surface area contributed by atoms with Crippen LogP contribution in [-0.2, 0) is 10.0 Å². The molecule has 0 unspecified atom stereocenters. The van der Waals surface area contributed by atoms with Gasteiger partial charge in [-0.25, -0.2) is 8.42 Å². The van der Waals surface area contributed by atoms with Crippen LogP contribution in [0.15, 0.2) is 0 Å². The zero-order chi connectivity index (χ0) is 11.8. The molecule has 0 aromatic heterocycles. The largest absolute Gasteiger partial charge is 0.329 e. The third-order valence-electron chi connectivity index (χ3n) is 4.14. The average molecular weight is 246 g/mol. The molecular formula is C11H22N2O2S. The van der Waals surface area contributed by atoms with Gasteiger partial charge >= 0.3 is 0 Å². The molecule has 2 rings (SSSR count). The minimum absolute atomic E-state index is 0.284. The van der Waals surface area contributed by atoms with E-state index in [-0.39, 0.29) is 5.54 Å². The maximum atomic E-state index is 12.2. The van der Waals surface area contributed by atoms with Crippen molar-refractivity contribution in [1.29, 1.82) is 0 Å². The van der Waals surface area contributed by atoms with E-state index >= 15 is 0 Å². The Morgan fingerprint density at radius 3 is 2.31 bits per heavy atom. The minimum atomic E-state index is -3.10. The van der Waals surface area contributed by atoms with Gasteiger partial charge in [-0.3, -0.25) is 0 Å². The fraction of sp³-hybridized carbons (Fsp3) is 1.00. The molecule has 2 fully saturated rings. The van der Waals surface area contributed by atoms with Crippen LogP contribution < -0.4 is 5.73 Å². The van der Waals surface area contributed by atoms with Crippen molar-refractivity contribution in [3.63, 3.8) is 0 Å². The molecule has 94 valence electrons. The molecule has 0 atom stereocenters. The quantitative estimate of drug-likeness (QED) is 0.785. The number of nitrogens with zero attached hydrogens (tertiary/aromatic N) is 1. The van der Waals surface area contributed by atoms with Crippen molar-refractivity contribution in [2.75, 3.05) is 19.3 Å². The number of hydrogen-bond acceptors (Lipinski definition) is 3. The Balaban J connectivity index is 2.11. The second-order valence-electron chi connectivity index (χ2n) is 5.32. The van der Waals surface area contributed by atoms with E-state index in [2.05, 4.69) is 0 Å². The van der Waals surface area contributed by atoms with E-state index in [0.29, 0.717) is 18.2 Å². The highest BCUT2D eigenvalue weighted by molar-refractivity contribution is 7.89. The summed E-state index contributed by atoms with van der Waals surface area (Å²) in [5, 5.41) is 0. The summed E-state index contributed by atoms with van der Waals surface area (Å²) in [5.74, 6) is 0.731. The van der Waals surface area contributed by atoms with Crippen LogP contribution in [0.5, 0.6) is 0 Å². The van der Waals surface area contributed by atoms with E-state index in [9.17, 15) is 8.42 Å². The van der Waals surface area contributed by atoms with Gasteiger partial charge in [0.25, 0.3) is 0 Å². The third-order valence-corrected chi connectivity index (χ3v) is 6.26. The van der Waals surface area contributed by atoms with Crippen LogP contribution in [0.25, 0.3) is 0 Å². The van der Waals surface area contributed by atoms with Gasteiger partial charge in [0.15, 0.2) is 0 Å². The normalized spacial score (nSPS) is 25.2. The molecule has 4 nitrogen and oxygen atoms in total. The first-order valence-corrected chi connectivity index (χ1v) is 7.78. The second-order valence-corrected chi connectivity index (χ2v) is 7.37. The lowest BCUT2D eigenvalue weighted by Gasteiger charge is -2.36. The van der Waals surface area contributed by atoms with Crippen LogP contribution in [0.3, 0.4) is 0 Å². The van der Waals surface area contributed by atoms with Crippen LogP contribution in [0, 0.1) is 5.92 Å². The lowest BCUT2D eigenvalue weighted by Crippen LogP contribution is -2.53. The molecule has 2 aliphatic carbocycles. The zero-order valence-electron chi connectivity index (χ0n) is 9.98. The van der Waals surface area contributed by atoms with Crippen molar-refractivity contribution in [3.8, 4) is 0 Å². The third kappa shape index (κ3) is 2.26. The molecule has 2 N–H and O–H groups in total. The first kappa shape index (κ1) is 12.3. The molecule has 2 saturated carbocycles. The summed E-state index contributed by atoms with van der Waals surface area (Å²) in [6.07, 6.45) is 6.18. The lowest BCUT2D eigenvalue weighted by atomic mass is 9.98. The SMILES string of the molecule is CN(C1(CN)CCCC1)S(=O)(=O)CC1CC1. The fourth-order valence-corrected chi connectivity index (χ4v) is 4.67. The molecule has 0 heterocycles. The highest BCUT2D eigenvalue weighted by Gasteiger charge is 2.43. The van der Waals surface area contributed by atoms with Crippen LogP contribution in [0.4, 0.5) is 0 Å². The molecule has 0 aliphatic heterocycles. The first-order valence-electron chi connectivity index (χ1n) is 6.17. The zero-order valence-corrected chi connectivity index (χ0v) is 10.8. The number of nitrogens with two attached hydrogens (primary N) is 1. The molecule has 0 radical (unpaired) electrons. The van der Waals surface area contributed by atoms with Crippen molar-refractivity contribution in [2.24, 2.45) is 11.7 Å². The molecule has 0 aromatic carbocycles. The predicted molar refractivity (Wildman–Crippen MR) is 64.5 cm³/mol. The highest BCUT2D eigenvalue weighted by Crippen LogP contribution is 2.37. The summed E-state index contributed by atoms with van der Waals surface area (Å²) in [4.78, 5) is 0. The molecular weight excluding hydrogens is 224 g/mol. The van der Waals surface area contributed by atoms with Gasteiger partial charge in [-0.2, -0.15) is 4.31 Å². The molecule has 16 heavy (non-hydrogen) atoms. The molecule has 0 saturated heterocycles. The van der Waals surface area contributed by atoms with E-state index < -0.39 is 10.0 Å². The summed E-state index contributed by atoms with van der Waals surface area (Å²) in [6, 6.07) is 0. The van der Waals surface area contributed by atoms with Gasteiger partial charge in [0.2, 0.25) is 10.0 Å². The van der Waals surface area contributed by atoms with Gasteiger partial charge in [-0.05, 0) is 31.6 Å². The fourth-order valence-electron chi connectivity index (χ4n) is 2.67. The Hall–Kier alpha value is -0.130. The molecule has 2 aliphatic rings. The smallest absolute Gasteiger partial charge is 0.214 e. The Morgan fingerprint density at radius 1 is 1.31 bits per heavy atom. The Morgan fingerprint density at radius 2 is 1.88 bits per heavy atom. The minimum Gasteiger partial charge on any atom is -0.329 e. The van der Waals surface area contributed by atoms with Gasteiger partial charge in [-0.15, -0.1) is 0 Å². The van der Waals surface area contributed by atoms with Gasteiger partial charge < -0.3 is 5.73 Å². The summed E-state index contributed by atoms with van der Waals surface area (Å²) < 4.78 is 26.0. The summed E-state index contributed by atoms with van der Waals surface area (Å²) in [6.45, 7) is 0.452. The van der Waals surface area contributed by atoms with Crippen LogP contribution in [-0.4, -0.2) is 37.6 Å². The number of sulfonamides is 1. The highest BCUT2D eigenvalue weighted by atomic mass is 32.2. The first-order chi connectivity index (χ1) is 7.50. The maximum Gasteiger partial charge on any atom is 0.214 e. The van der Waals surface area contributed by atoms with Gasteiger partial charge in [0.05, 0.1) is 5.75 Å². The van der Waals surface area contributed by atoms with E-state index in [4.69, 9.17) is 5.73 Å². The van der Waals surface area contributed by atoms with Crippen molar-refractivity contribution in [1.82, 2.24) is 4.31 Å². The summed E-state index contributed by atoms with van der Waals surface area (Å²) in [7, 11) is -1.38. The molecule has 0 spiro atoms. The van der Waals surface area contributed by atoms with Crippen LogP contribution in [0.1, 0.15) is 38.5 Å². The van der Waals surface area contributed by atoms with Gasteiger partial charge in [-0.1, -0.05) is 12.8 Å². The van der Waals surface area contributed by atoms with Gasteiger partial charge in [0.1, 0.15) is 0 Å². The Bertz CT molecular complexity index is 343. The van der Waals surface area contributed by atoms with Crippen molar-refractivity contribution >= 4 is 10.0 Å². The van der Waals surface area contributed by atoms with Crippen molar-refractivity contribution < 1.29 is 8.42 Å². The molecule has 0 aromatic rings. The Kier molecular flexibility index (Phi) is 3.29.